The van der Waals surface area contributed by atoms with Crippen molar-refractivity contribution in [2.75, 3.05) is 13.2 Å². The van der Waals surface area contributed by atoms with Crippen LogP contribution in [0, 0.1) is 6.92 Å². The summed E-state index contributed by atoms with van der Waals surface area (Å²) in [6.45, 7) is 3.42. The van der Waals surface area contributed by atoms with Crippen molar-refractivity contribution in [3.8, 4) is 0 Å². The fraction of sp³-hybridized carbons (Fsp3) is 0.438. The third-order valence-electron chi connectivity index (χ3n) is 3.87. The molecule has 1 aromatic carbocycles. The Morgan fingerprint density at radius 1 is 1.33 bits per heavy atom. The number of para-hydroxylation sites is 1. The predicted molar refractivity (Wildman–Crippen MR) is 82.7 cm³/mol. The highest BCUT2D eigenvalue weighted by molar-refractivity contribution is 6.03. The van der Waals surface area contributed by atoms with E-state index in [0.717, 1.165) is 35.0 Å². The van der Waals surface area contributed by atoms with E-state index in [0.29, 0.717) is 25.1 Å². The van der Waals surface area contributed by atoms with Gasteiger partial charge >= 0.3 is 5.97 Å². The van der Waals surface area contributed by atoms with Crippen LogP contribution in [0.25, 0.3) is 10.9 Å². The van der Waals surface area contributed by atoms with Crippen LogP contribution in [-0.4, -0.2) is 33.9 Å². The summed E-state index contributed by atoms with van der Waals surface area (Å²) in [5, 5.41) is 19.5. The maximum absolute atomic E-state index is 11.5. The van der Waals surface area contributed by atoms with Crippen LogP contribution >= 0.6 is 0 Å². The summed E-state index contributed by atoms with van der Waals surface area (Å²) in [6, 6.07) is 5.38. The van der Waals surface area contributed by atoms with Crippen molar-refractivity contribution in [2.24, 2.45) is 5.73 Å². The van der Waals surface area contributed by atoms with Crippen LogP contribution < -0.4 is 5.73 Å². The fourth-order valence-corrected chi connectivity index (χ4v) is 2.88. The molecular weight excluding hydrogens is 268 g/mol. The minimum atomic E-state index is -0.916. The molecule has 4 N–H and O–H groups in total. The summed E-state index contributed by atoms with van der Waals surface area (Å²) in [5.41, 5.74) is 8.88. The number of aromatic nitrogens is 1. The SMILES string of the molecule is Cc1c(CCCO)c2cccc(C(=O)O)c2n1CCCN. The number of benzene rings is 1. The van der Waals surface area contributed by atoms with Gasteiger partial charge in [0.05, 0.1) is 11.1 Å². The van der Waals surface area contributed by atoms with Gasteiger partial charge in [0.1, 0.15) is 0 Å². The molecule has 0 unspecified atom stereocenters. The van der Waals surface area contributed by atoms with Crippen LogP contribution in [0.4, 0.5) is 0 Å². The van der Waals surface area contributed by atoms with Crippen molar-refractivity contribution >= 4 is 16.9 Å². The number of carboxylic acids is 1. The zero-order valence-electron chi connectivity index (χ0n) is 12.3. The number of hydrogen-bond donors (Lipinski definition) is 3. The Hall–Kier alpha value is -1.85. The molecule has 0 aliphatic rings. The monoisotopic (exact) mass is 290 g/mol. The standard InChI is InChI=1S/C16H22N2O3/c1-11-12(7-3-10-19)13-5-2-6-14(16(20)21)15(13)18(11)9-4-8-17/h2,5-6,19H,3-4,7-10,17H2,1H3,(H,20,21). The molecule has 2 aromatic rings. The maximum Gasteiger partial charge on any atom is 0.337 e. The van der Waals surface area contributed by atoms with Gasteiger partial charge in [-0.05, 0) is 44.4 Å². The zero-order valence-corrected chi connectivity index (χ0v) is 12.3. The molecule has 1 heterocycles. The van der Waals surface area contributed by atoms with Gasteiger partial charge in [-0.1, -0.05) is 12.1 Å². The van der Waals surface area contributed by atoms with E-state index < -0.39 is 5.97 Å². The van der Waals surface area contributed by atoms with E-state index in [2.05, 4.69) is 4.57 Å². The van der Waals surface area contributed by atoms with Crippen LogP contribution in [0.2, 0.25) is 0 Å². The summed E-state index contributed by atoms with van der Waals surface area (Å²) in [7, 11) is 0. The lowest BCUT2D eigenvalue weighted by molar-refractivity contribution is 0.0698. The third-order valence-corrected chi connectivity index (χ3v) is 3.87. The Balaban J connectivity index is 2.66. The molecule has 0 saturated heterocycles. The van der Waals surface area contributed by atoms with E-state index in [9.17, 15) is 9.90 Å². The molecule has 0 aliphatic heterocycles. The van der Waals surface area contributed by atoms with Crippen molar-refractivity contribution in [3.63, 3.8) is 0 Å². The first-order valence-electron chi connectivity index (χ1n) is 7.26. The summed E-state index contributed by atoms with van der Waals surface area (Å²) in [6.07, 6.45) is 2.23. The molecule has 5 nitrogen and oxygen atoms in total. The number of aromatic carboxylic acids is 1. The van der Waals surface area contributed by atoms with E-state index in [1.54, 1.807) is 12.1 Å². The van der Waals surface area contributed by atoms with Gasteiger partial charge < -0.3 is 20.5 Å². The van der Waals surface area contributed by atoms with E-state index in [1.807, 2.05) is 13.0 Å². The smallest absolute Gasteiger partial charge is 0.337 e. The van der Waals surface area contributed by atoms with Gasteiger partial charge in [-0.25, -0.2) is 4.79 Å². The van der Waals surface area contributed by atoms with Crippen LogP contribution in [0.15, 0.2) is 18.2 Å². The van der Waals surface area contributed by atoms with Crippen molar-refractivity contribution in [3.05, 3.63) is 35.0 Å². The maximum atomic E-state index is 11.5. The molecule has 1 aromatic heterocycles. The van der Waals surface area contributed by atoms with Crippen molar-refractivity contribution in [1.29, 1.82) is 0 Å². The average Bonchev–Trinajstić information content (AvgIpc) is 2.74. The van der Waals surface area contributed by atoms with Crippen molar-refractivity contribution in [2.45, 2.75) is 32.7 Å². The minimum absolute atomic E-state index is 0.132. The number of nitrogens with two attached hydrogens (primary N) is 1. The van der Waals surface area contributed by atoms with Crippen molar-refractivity contribution < 1.29 is 15.0 Å². The molecule has 0 amide bonds. The van der Waals surface area contributed by atoms with Crippen LogP contribution in [-0.2, 0) is 13.0 Å². The second-order valence-electron chi connectivity index (χ2n) is 5.19. The molecule has 0 radical (unpaired) electrons. The second-order valence-corrected chi connectivity index (χ2v) is 5.19. The van der Waals surface area contributed by atoms with Gasteiger partial charge in [-0.3, -0.25) is 0 Å². The van der Waals surface area contributed by atoms with Crippen molar-refractivity contribution in [1.82, 2.24) is 4.57 Å². The Morgan fingerprint density at radius 3 is 2.71 bits per heavy atom. The first kappa shape index (κ1) is 15.5. The summed E-state index contributed by atoms with van der Waals surface area (Å²) in [5.74, 6) is -0.916. The average molecular weight is 290 g/mol. The molecule has 0 atom stereocenters. The molecule has 0 fully saturated rings. The highest BCUT2D eigenvalue weighted by atomic mass is 16.4. The fourth-order valence-electron chi connectivity index (χ4n) is 2.88. The van der Waals surface area contributed by atoms with Crippen LogP contribution in [0.3, 0.4) is 0 Å². The van der Waals surface area contributed by atoms with Gasteiger partial charge in [0.25, 0.3) is 0 Å². The normalized spacial score (nSPS) is 11.2. The quantitative estimate of drug-likeness (QED) is 0.727. The number of carboxylic acid groups (broad SMARTS) is 1. The molecule has 2 rings (SSSR count). The van der Waals surface area contributed by atoms with Gasteiger partial charge in [0.2, 0.25) is 0 Å². The minimum Gasteiger partial charge on any atom is -0.478 e. The highest BCUT2D eigenvalue weighted by Crippen LogP contribution is 2.30. The molecule has 5 heteroatoms. The number of fused-ring (bicyclic) bond motifs is 1. The molecule has 0 saturated carbocycles. The molecule has 21 heavy (non-hydrogen) atoms. The zero-order chi connectivity index (χ0) is 15.4. The Morgan fingerprint density at radius 2 is 2.10 bits per heavy atom. The molecular formula is C16H22N2O3. The topological polar surface area (TPSA) is 88.5 Å². The lowest BCUT2D eigenvalue weighted by Gasteiger charge is -2.09. The van der Waals surface area contributed by atoms with Gasteiger partial charge in [-0.2, -0.15) is 0 Å². The largest absolute Gasteiger partial charge is 0.478 e. The van der Waals surface area contributed by atoms with Crippen LogP contribution in [0.5, 0.6) is 0 Å². The number of hydrogen-bond acceptors (Lipinski definition) is 3. The lowest BCUT2D eigenvalue weighted by Crippen LogP contribution is -2.09. The van der Waals surface area contributed by atoms with Gasteiger partial charge in [-0.15, -0.1) is 0 Å². The first-order chi connectivity index (χ1) is 10.1. The highest BCUT2D eigenvalue weighted by Gasteiger charge is 2.19. The molecule has 0 spiro atoms. The predicted octanol–water partition coefficient (Wildman–Crippen LogP) is 1.92. The Bertz CT molecular complexity index is 646. The van der Waals surface area contributed by atoms with Crippen LogP contribution in [0.1, 0.15) is 34.5 Å². The molecule has 114 valence electrons. The summed E-state index contributed by atoms with van der Waals surface area (Å²) in [4.78, 5) is 11.5. The second kappa shape index (κ2) is 6.74. The number of nitrogens with zero attached hydrogens (tertiary/aromatic N) is 1. The van der Waals surface area contributed by atoms with Gasteiger partial charge in [0.15, 0.2) is 0 Å². The molecule has 0 bridgehead atoms. The van der Waals surface area contributed by atoms with E-state index >= 15 is 0 Å². The summed E-state index contributed by atoms with van der Waals surface area (Å²) < 4.78 is 2.05. The number of aliphatic hydroxyl groups excluding tert-OH is 1. The Labute approximate surface area is 124 Å². The summed E-state index contributed by atoms with van der Waals surface area (Å²) >= 11 is 0. The Kier molecular flexibility index (Phi) is 4.98. The van der Waals surface area contributed by atoms with E-state index in [-0.39, 0.29) is 6.61 Å². The number of aliphatic hydroxyl groups is 1. The van der Waals surface area contributed by atoms with Gasteiger partial charge in [0, 0.05) is 24.2 Å². The van der Waals surface area contributed by atoms with E-state index in [1.165, 1.54) is 0 Å². The number of carbonyl (C=O) groups is 1. The third kappa shape index (κ3) is 2.94. The number of rotatable bonds is 7. The van der Waals surface area contributed by atoms with E-state index in [4.69, 9.17) is 10.8 Å². The lowest BCUT2D eigenvalue weighted by atomic mass is 10.0. The first-order valence-corrected chi connectivity index (χ1v) is 7.26. The molecule has 0 aliphatic carbocycles. The number of aryl methyl sites for hydroxylation is 2.